The van der Waals surface area contributed by atoms with Crippen LogP contribution in [0, 0.1) is 0 Å². The predicted octanol–water partition coefficient (Wildman–Crippen LogP) is 1.33. The SMILES string of the molecule is CCN(CC)C(=O)C1(NC(=O)CNCCOC)CCCCC1.Cl. The molecule has 1 fully saturated rings. The number of hydrogen-bond donors (Lipinski definition) is 2. The van der Waals surface area contributed by atoms with E-state index in [4.69, 9.17) is 4.74 Å². The van der Waals surface area contributed by atoms with Gasteiger partial charge in [-0.05, 0) is 26.7 Å². The summed E-state index contributed by atoms with van der Waals surface area (Å²) in [7, 11) is 1.63. The van der Waals surface area contributed by atoms with Crippen LogP contribution in [-0.2, 0) is 14.3 Å². The molecule has 0 aromatic rings. The third kappa shape index (κ3) is 6.65. The highest BCUT2D eigenvalue weighted by Gasteiger charge is 2.42. The number of hydrogen-bond acceptors (Lipinski definition) is 4. The number of nitrogens with zero attached hydrogens (tertiary/aromatic N) is 1. The summed E-state index contributed by atoms with van der Waals surface area (Å²) in [4.78, 5) is 26.9. The zero-order valence-electron chi connectivity index (χ0n) is 14.7. The minimum atomic E-state index is -0.704. The summed E-state index contributed by atoms with van der Waals surface area (Å²) in [5.74, 6) is -0.0408. The van der Waals surface area contributed by atoms with Gasteiger partial charge in [0, 0.05) is 26.7 Å². The van der Waals surface area contributed by atoms with Crippen LogP contribution in [0.2, 0.25) is 0 Å². The van der Waals surface area contributed by atoms with E-state index in [1.807, 2.05) is 18.7 Å². The molecule has 23 heavy (non-hydrogen) atoms. The van der Waals surface area contributed by atoms with E-state index in [1.54, 1.807) is 7.11 Å². The maximum absolute atomic E-state index is 12.9. The van der Waals surface area contributed by atoms with Crippen molar-refractivity contribution in [3.05, 3.63) is 0 Å². The molecule has 1 rings (SSSR count). The molecule has 0 heterocycles. The number of methoxy groups -OCH3 is 1. The van der Waals surface area contributed by atoms with Crippen LogP contribution in [0.4, 0.5) is 0 Å². The first-order valence-electron chi connectivity index (χ1n) is 8.39. The molecule has 6 nitrogen and oxygen atoms in total. The highest BCUT2D eigenvalue weighted by Crippen LogP contribution is 2.30. The van der Waals surface area contributed by atoms with Gasteiger partial charge in [-0.3, -0.25) is 9.59 Å². The van der Waals surface area contributed by atoms with Crippen molar-refractivity contribution in [2.45, 2.75) is 51.5 Å². The van der Waals surface area contributed by atoms with Crippen molar-refractivity contribution < 1.29 is 14.3 Å². The maximum atomic E-state index is 12.9. The molecule has 0 radical (unpaired) electrons. The summed E-state index contributed by atoms with van der Waals surface area (Å²) in [6, 6.07) is 0. The third-order valence-electron chi connectivity index (χ3n) is 4.31. The van der Waals surface area contributed by atoms with E-state index in [-0.39, 0.29) is 30.8 Å². The van der Waals surface area contributed by atoms with E-state index >= 15 is 0 Å². The molecule has 1 aliphatic rings. The average Bonchev–Trinajstić information content (AvgIpc) is 2.53. The number of carbonyl (C=O) groups is 2. The Morgan fingerprint density at radius 3 is 2.26 bits per heavy atom. The predicted molar refractivity (Wildman–Crippen MR) is 93.9 cm³/mol. The van der Waals surface area contributed by atoms with E-state index in [0.717, 1.165) is 32.1 Å². The van der Waals surface area contributed by atoms with Gasteiger partial charge in [-0.15, -0.1) is 12.4 Å². The Kier molecular flexibility index (Phi) is 11.2. The fraction of sp³-hybridized carbons (Fsp3) is 0.875. The largest absolute Gasteiger partial charge is 0.383 e. The van der Waals surface area contributed by atoms with Crippen LogP contribution >= 0.6 is 12.4 Å². The Hall–Kier alpha value is -0.850. The lowest BCUT2D eigenvalue weighted by Crippen LogP contribution is -2.61. The molecule has 1 saturated carbocycles. The number of carbonyl (C=O) groups excluding carboxylic acids is 2. The van der Waals surface area contributed by atoms with E-state index < -0.39 is 5.54 Å². The van der Waals surface area contributed by atoms with Gasteiger partial charge >= 0.3 is 0 Å². The molecule has 1 aliphatic carbocycles. The molecular weight excluding hydrogens is 318 g/mol. The van der Waals surface area contributed by atoms with Crippen molar-refractivity contribution in [3.8, 4) is 0 Å². The molecule has 2 amide bonds. The van der Waals surface area contributed by atoms with Crippen LogP contribution in [0.5, 0.6) is 0 Å². The first kappa shape index (κ1) is 22.1. The quantitative estimate of drug-likeness (QED) is 0.616. The van der Waals surface area contributed by atoms with Gasteiger partial charge in [0.25, 0.3) is 0 Å². The summed E-state index contributed by atoms with van der Waals surface area (Å²) in [6.07, 6.45) is 4.60. The van der Waals surface area contributed by atoms with E-state index in [2.05, 4.69) is 10.6 Å². The molecule has 2 N–H and O–H groups in total. The fourth-order valence-electron chi connectivity index (χ4n) is 3.05. The minimum Gasteiger partial charge on any atom is -0.383 e. The normalized spacial score (nSPS) is 16.3. The number of ether oxygens (including phenoxy) is 1. The summed E-state index contributed by atoms with van der Waals surface area (Å²) in [6.45, 7) is 6.73. The van der Waals surface area contributed by atoms with Gasteiger partial charge in [-0.1, -0.05) is 19.3 Å². The molecule has 0 aromatic carbocycles. The van der Waals surface area contributed by atoms with Gasteiger partial charge in [-0.25, -0.2) is 0 Å². The number of halogens is 1. The Morgan fingerprint density at radius 2 is 1.74 bits per heavy atom. The van der Waals surface area contributed by atoms with Crippen molar-refractivity contribution in [2.24, 2.45) is 0 Å². The molecule has 7 heteroatoms. The van der Waals surface area contributed by atoms with Crippen molar-refractivity contribution in [1.82, 2.24) is 15.5 Å². The zero-order chi connectivity index (χ0) is 16.4. The number of rotatable bonds is 9. The smallest absolute Gasteiger partial charge is 0.248 e. The molecule has 0 unspecified atom stereocenters. The van der Waals surface area contributed by atoms with Gasteiger partial charge in [0.2, 0.25) is 11.8 Å². The number of amides is 2. The highest BCUT2D eigenvalue weighted by atomic mass is 35.5. The summed E-state index contributed by atoms with van der Waals surface area (Å²) < 4.78 is 4.94. The first-order valence-corrected chi connectivity index (χ1v) is 8.39. The summed E-state index contributed by atoms with van der Waals surface area (Å²) >= 11 is 0. The van der Waals surface area contributed by atoms with Crippen LogP contribution < -0.4 is 10.6 Å². The molecule has 0 saturated heterocycles. The second-order valence-corrected chi connectivity index (χ2v) is 5.84. The Labute approximate surface area is 146 Å². The average molecular weight is 350 g/mol. The Bertz CT molecular complexity index is 356. The second kappa shape index (κ2) is 11.6. The first-order chi connectivity index (χ1) is 10.6. The molecule has 0 bridgehead atoms. The van der Waals surface area contributed by atoms with E-state index in [9.17, 15) is 9.59 Å². The van der Waals surface area contributed by atoms with Crippen molar-refractivity contribution in [3.63, 3.8) is 0 Å². The maximum Gasteiger partial charge on any atom is 0.248 e. The van der Waals surface area contributed by atoms with Crippen LogP contribution in [-0.4, -0.2) is 62.1 Å². The van der Waals surface area contributed by atoms with Crippen LogP contribution in [0.3, 0.4) is 0 Å². The van der Waals surface area contributed by atoms with E-state index in [0.29, 0.717) is 26.2 Å². The molecule has 0 aromatic heterocycles. The van der Waals surface area contributed by atoms with Crippen LogP contribution in [0.15, 0.2) is 0 Å². The Balaban J connectivity index is 0.00000484. The lowest BCUT2D eigenvalue weighted by atomic mass is 9.80. The summed E-state index contributed by atoms with van der Waals surface area (Å²) in [5, 5.41) is 6.05. The molecular formula is C16H32ClN3O3. The monoisotopic (exact) mass is 349 g/mol. The van der Waals surface area contributed by atoms with Crippen LogP contribution in [0.25, 0.3) is 0 Å². The lowest BCUT2D eigenvalue weighted by Gasteiger charge is -2.40. The van der Waals surface area contributed by atoms with Gasteiger partial charge in [-0.2, -0.15) is 0 Å². The molecule has 0 aliphatic heterocycles. The fourth-order valence-corrected chi connectivity index (χ4v) is 3.05. The second-order valence-electron chi connectivity index (χ2n) is 5.84. The lowest BCUT2D eigenvalue weighted by molar-refractivity contribution is -0.143. The van der Waals surface area contributed by atoms with Gasteiger partial charge in [0.05, 0.1) is 13.2 Å². The van der Waals surface area contributed by atoms with Crippen molar-refractivity contribution >= 4 is 24.2 Å². The number of nitrogens with one attached hydrogen (secondary N) is 2. The molecule has 136 valence electrons. The zero-order valence-corrected chi connectivity index (χ0v) is 15.5. The number of likely N-dealkylation sites (N-methyl/N-ethyl adjacent to an activating group) is 1. The highest BCUT2D eigenvalue weighted by molar-refractivity contribution is 5.92. The topological polar surface area (TPSA) is 70.7 Å². The van der Waals surface area contributed by atoms with Crippen LogP contribution in [0.1, 0.15) is 46.0 Å². The molecule has 0 spiro atoms. The summed E-state index contributed by atoms with van der Waals surface area (Å²) in [5.41, 5.74) is -0.704. The van der Waals surface area contributed by atoms with Crippen molar-refractivity contribution in [2.75, 3.05) is 39.9 Å². The van der Waals surface area contributed by atoms with Crippen molar-refractivity contribution in [1.29, 1.82) is 0 Å². The molecule has 0 atom stereocenters. The van der Waals surface area contributed by atoms with E-state index in [1.165, 1.54) is 0 Å². The van der Waals surface area contributed by atoms with Gasteiger partial charge < -0.3 is 20.3 Å². The Morgan fingerprint density at radius 1 is 1.13 bits per heavy atom. The van der Waals surface area contributed by atoms with Gasteiger partial charge in [0.15, 0.2) is 0 Å². The third-order valence-corrected chi connectivity index (χ3v) is 4.31. The standard InChI is InChI=1S/C16H31N3O3.ClH/c1-4-19(5-2)15(21)16(9-7-6-8-10-16)18-14(20)13-17-11-12-22-3;/h17H,4-13H2,1-3H3,(H,18,20);1H. The van der Waals surface area contributed by atoms with Gasteiger partial charge in [0.1, 0.15) is 5.54 Å². The minimum absolute atomic E-state index is 0.